The van der Waals surface area contributed by atoms with Crippen LogP contribution in [0.15, 0.2) is 11.5 Å². The van der Waals surface area contributed by atoms with Gasteiger partial charge >= 0.3 is 0 Å². The van der Waals surface area contributed by atoms with Gasteiger partial charge in [-0.15, -0.1) is 0 Å². The van der Waals surface area contributed by atoms with Gasteiger partial charge in [0.2, 0.25) is 10.0 Å². The largest absolute Gasteiger partial charge is 0.315 e. The van der Waals surface area contributed by atoms with Crippen molar-refractivity contribution < 1.29 is 8.42 Å². The van der Waals surface area contributed by atoms with E-state index in [1.165, 1.54) is 0 Å². The summed E-state index contributed by atoms with van der Waals surface area (Å²) in [4.78, 5) is 0. The molecule has 58 valence electrons. The average Bonchev–Trinajstić information content (AvgIpc) is 1.56. The molecule has 4 nitrogen and oxygen atoms in total. The predicted octanol–water partition coefficient (Wildman–Crippen LogP) is -0.992. The molecule has 0 amide bonds. The summed E-state index contributed by atoms with van der Waals surface area (Å²) in [7, 11) is -3.40. The quantitative estimate of drug-likeness (QED) is 0.547. The van der Waals surface area contributed by atoms with Crippen LogP contribution >= 0.6 is 0 Å². The molecule has 0 unspecified atom stereocenters. The smallest absolute Gasteiger partial charge is 0.230 e. The van der Waals surface area contributed by atoms with Crippen LogP contribution < -0.4 is 10.5 Å². The van der Waals surface area contributed by atoms with Crippen LogP contribution in [-0.2, 0) is 10.0 Å². The topological polar surface area (TPSA) is 72.2 Å². The first kappa shape index (κ1) is 7.71. The highest BCUT2D eigenvalue weighted by Gasteiger charge is 2.12. The second-order valence-corrected chi connectivity index (χ2v) is 3.79. The first-order valence-electron chi connectivity index (χ1n) is 3.00. The van der Waals surface area contributed by atoms with Crippen LogP contribution in [0, 0.1) is 5.92 Å². The second kappa shape index (κ2) is 2.69. The number of primary sulfonamides is 1. The fraction of sp³-hybridized carbons (Fsp3) is 0.600. The molecule has 0 aromatic heterocycles. The molecule has 0 aliphatic carbocycles. The molecule has 1 heterocycles. The van der Waals surface area contributed by atoms with Crippen LogP contribution in [0.3, 0.4) is 0 Å². The Balaban J connectivity index is 2.43. The van der Waals surface area contributed by atoms with Gasteiger partial charge in [-0.25, -0.2) is 13.6 Å². The molecule has 0 aromatic carbocycles. The van der Waals surface area contributed by atoms with Crippen molar-refractivity contribution in [3.8, 4) is 0 Å². The lowest BCUT2D eigenvalue weighted by molar-refractivity contribution is 0.419. The SMILES string of the molecule is NS(=O)(=O)/C=C/C1CNC1. The molecule has 3 N–H and O–H groups in total. The lowest BCUT2D eigenvalue weighted by Crippen LogP contribution is -2.40. The summed E-state index contributed by atoms with van der Waals surface area (Å²) in [6.07, 6.45) is 1.62. The van der Waals surface area contributed by atoms with Gasteiger partial charge in [-0.3, -0.25) is 0 Å². The van der Waals surface area contributed by atoms with E-state index in [0.717, 1.165) is 18.5 Å². The third-order valence-corrected chi connectivity index (χ3v) is 1.89. The van der Waals surface area contributed by atoms with E-state index in [4.69, 9.17) is 5.14 Å². The Hall–Kier alpha value is -0.390. The third kappa shape index (κ3) is 2.47. The molecule has 0 radical (unpaired) electrons. The zero-order valence-electron chi connectivity index (χ0n) is 5.45. The zero-order chi connectivity index (χ0) is 7.61. The average molecular weight is 162 g/mol. The van der Waals surface area contributed by atoms with E-state index >= 15 is 0 Å². The van der Waals surface area contributed by atoms with Gasteiger partial charge in [0.1, 0.15) is 0 Å². The van der Waals surface area contributed by atoms with Gasteiger partial charge in [-0.2, -0.15) is 0 Å². The van der Waals surface area contributed by atoms with Crippen molar-refractivity contribution in [2.75, 3.05) is 13.1 Å². The fourth-order valence-corrected chi connectivity index (χ4v) is 1.11. The minimum atomic E-state index is -3.40. The van der Waals surface area contributed by atoms with Gasteiger partial charge in [0, 0.05) is 24.4 Å². The molecule has 0 atom stereocenters. The number of nitrogens with one attached hydrogen (secondary N) is 1. The standard InChI is InChI=1S/C5H10N2O2S/c6-10(8,9)2-1-5-3-7-4-5/h1-2,5,7H,3-4H2,(H2,6,8,9)/b2-1+. The molecule has 1 aliphatic heterocycles. The maximum Gasteiger partial charge on any atom is 0.230 e. The van der Waals surface area contributed by atoms with Crippen LogP contribution in [0.25, 0.3) is 0 Å². The minimum Gasteiger partial charge on any atom is -0.315 e. The lowest BCUT2D eigenvalue weighted by Gasteiger charge is -2.23. The lowest BCUT2D eigenvalue weighted by atomic mass is 10.1. The molecular weight excluding hydrogens is 152 g/mol. The third-order valence-electron chi connectivity index (χ3n) is 1.35. The van der Waals surface area contributed by atoms with E-state index in [1.807, 2.05) is 0 Å². The monoisotopic (exact) mass is 162 g/mol. The van der Waals surface area contributed by atoms with Crippen LogP contribution in [0.1, 0.15) is 0 Å². The van der Waals surface area contributed by atoms with Crippen molar-refractivity contribution >= 4 is 10.0 Å². The van der Waals surface area contributed by atoms with Gasteiger partial charge in [0.05, 0.1) is 0 Å². The van der Waals surface area contributed by atoms with Crippen LogP contribution in [0.2, 0.25) is 0 Å². The molecule has 1 fully saturated rings. The van der Waals surface area contributed by atoms with Gasteiger partial charge in [0.15, 0.2) is 0 Å². The van der Waals surface area contributed by atoms with E-state index in [1.54, 1.807) is 6.08 Å². The normalized spacial score (nSPS) is 21.3. The van der Waals surface area contributed by atoms with E-state index in [2.05, 4.69) is 5.32 Å². The van der Waals surface area contributed by atoms with Crippen LogP contribution in [-0.4, -0.2) is 21.5 Å². The van der Waals surface area contributed by atoms with Crippen molar-refractivity contribution in [1.29, 1.82) is 0 Å². The zero-order valence-corrected chi connectivity index (χ0v) is 6.26. The number of hydrogen-bond acceptors (Lipinski definition) is 3. The van der Waals surface area contributed by atoms with E-state index in [0.29, 0.717) is 5.92 Å². The minimum absolute atomic E-state index is 0.346. The maximum atomic E-state index is 10.3. The Morgan fingerprint density at radius 3 is 2.40 bits per heavy atom. The number of hydrogen-bond donors (Lipinski definition) is 2. The predicted molar refractivity (Wildman–Crippen MR) is 38.6 cm³/mol. The Bertz CT molecular complexity index is 228. The molecule has 0 spiro atoms. The molecule has 10 heavy (non-hydrogen) atoms. The van der Waals surface area contributed by atoms with Gasteiger partial charge in [-0.1, -0.05) is 6.08 Å². The van der Waals surface area contributed by atoms with Crippen molar-refractivity contribution in [3.63, 3.8) is 0 Å². The first-order chi connectivity index (χ1) is 4.58. The number of rotatable bonds is 2. The highest BCUT2D eigenvalue weighted by Crippen LogP contribution is 2.04. The Morgan fingerprint density at radius 1 is 1.50 bits per heavy atom. The van der Waals surface area contributed by atoms with Gasteiger partial charge < -0.3 is 5.32 Å². The van der Waals surface area contributed by atoms with E-state index < -0.39 is 10.0 Å². The summed E-state index contributed by atoms with van der Waals surface area (Å²) in [5.41, 5.74) is 0. The fourth-order valence-electron chi connectivity index (χ4n) is 0.668. The van der Waals surface area contributed by atoms with Gasteiger partial charge in [0.25, 0.3) is 0 Å². The Morgan fingerprint density at radius 2 is 2.10 bits per heavy atom. The molecule has 0 bridgehead atoms. The number of nitrogens with two attached hydrogens (primary N) is 1. The molecule has 1 rings (SSSR count). The van der Waals surface area contributed by atoms with Crippen molar-refractivity contribution in [1.82, 2.24) is 5.32 Å². The maximum absolute atomic E-state index is 10.3. The summed E-state index contributed by atoms with van der Waals surface area (Å²) in [5, 5.41) is 8.79. The van der Waals surface area contributed by atoms with Crippen LogP contribution in [0.5, 0.6) is 0 Å². The summed E-state index contributed by atoms with van der Waals surface area (Å²) in [6, 6.07) is 0. The number of sulfonamides is 1. The second-order valence-electron chi connectivity index (χ2n) is 2.34. The summed E-state index contributed by atoms with van der Waals surface area (Å²) in [5.74, 6) is 0.346. The summed E-state index contributed by atoms with van der Waals surface area (Å²) >= 11 is 0. The molecule has 1 aliphatic rings. The molecule has 1 saturated heterocycles. The Labute approximate surface area is 60.2 Å². The summed E-state index contributed by atoms with van der Waals surface area (Å²) in [6.45, 7) is 1.71. The highest BCUT2D eigenvalue weighted by molar-refractivity contribution is 7.92. The molecule has 0 saturated carbocycles. The first-order valence-corrected chi connectivity index (χ1v) is 4.60. The van der Waals surface area contributed by atoms with E-state index in [9.17, 15) is 8.42 Å². The molecule has 5 heteroatoms. The molecular formula is C5H10N2O2S. The Kier molecular flexibility index (Phi) is 2.08. The van der Waals surface area contributed by atoms with Gasteiger partial charge in [-0.05, 0) is 0 Å². The van der Waals surface area contributed by atoms with E-state index in [-0.39, 0.29) is 0 Å². The summed E-state index contributed by atoms with van der Waals surface area (Å²) < 4.78 is 20.7. The van der Waals surface area contributed by atoms with Crippen LogP contribution in [0.4, 0.5) is 0 Å². The highest BCUT2D eigenvalue weighted by atomic mass is 32.2. The van der Waals surface area contributed by atoms with Crippen molar-refractivity contribution in [3.05, 3.63) is 11.5 Å². The van der Waals surface area contributed by atoms with Crippen molar-refractivity contribution in [2.45, 2.75) is 0 Å². The molecule has 0 aromatic rings. The van der Waals surface area contributed by atoms with Crippen molar-refractivity contribution in [2.24, 2.45) is 11.1 Å².